The highest BCUT2D eigenvalue weighted by Gasteiger charge is 2.36. The molecule has 0 aliphatic carbocycles. The number of anilines is 1. The Morgan fingerprint density at radius 3 is 2.76 bits per heavy atom. The molecule has 0 radical (unpaired) electrons. The van der Waals surface area contributed by atoms with Crippen LogP contribution in [0, 0.1) is 11.7 Å². The van der Waals surface area contributed by atoms with Gasteiger partial charge in [0.1, 0.15) is 17.1 Å². The van der Waals surface area contributed by atoms with E-state index in [0.29, 0.717) is 55.5 Å². The van der Waals surface area contributed by atoms with Crippen molar-refractivity contribution in [3.05, 3.63) is 66.7 Å². The molecule has 1 atom stereocenters. The fourth-order valence-electron chi connectivity index (χ4n) is 4.57. The highest BCUT2D eigenvalue weighted by Crippen LogP contribution is 2.35. The Labute approximate surface area is 224 Å². The van der Waals surface area contributed by atoms with E-state index in [1.54, 1.807) is 15.8 Å². The summed E-state index contributed by atoms with van der Waals surface area (Å²) in [5.74, 6) is -0.587. The minimum atomic E-state index is -3.86. The molecule has 4 aromatic rings. The summed E-state index contributed by atoms with van der Waals surface area (Å²) in [4.78, 5) is 20.4. The minimum Gasteiger partial charge on any atom is -0.492 e. The summed E-state index contributed by atoms with van der Waals surface area (Å²) in [6.45, 7) is 3.53. The lowest BCUT2D eigenvalue weighted by Gasteiger charge is -2.33. The molecule has 12 heteroatoms. The molecule has 2 aromatic heterocycles. The van der Waals surface area contributed by atoms with E-state index in [1.165, 1.54) is 27.8 Å². The van der Waals surface area contributed by atoms with Crippen LogP contribution in [0.2, 0.25) is 0 Å². The van der Waals surface area contributed by atoms with E-state index in [0.717, 1.165) is 16.8 Å². The van der Waals surface area contributed by atoms with Gasteiger partial charge in [-0.3, -0.25) is 14.4 Å². The molecule has 0 bridgehead atoms. The van der Waals surface area contributed by atoms with Crippen molar-refractivity contribution in [1.29, 1.82) is 0 Å². The molecule has 1 unspecified atom stereocenters. The molecule has 1 amide bonds. The molecule has 1 aliphatic rings. The smallest absolute Gasteiger partial charge is 0.243 e. The molecule has 1 fully saturated rings. The number of rotatable bonds is 9. The number of hydrogen-bond acceptors (Lipinski definition) is 7. The molecule has 38 heavy (non-hydrogen) atoms. The molecule has 1 aliphatic heterocycles. The predicted molar refractivity (Wildman–Crippen MR) is 143 cm³/mol. The van der Waals surface area contributed by atoms with E-state index in [-0.39, 0.29) is 17.3 Å². The maximum atomic E-state index is 14.0. The van der Waals surface area contributed by atoms with Crippen molar-refractivity contribution in [2.24, 2.45) is 5.92 Å². The number of amides is 1. The van der Waals surface area contributed by atoms with Crippen molar-refractivity contribution in [2.75, 3.05) is 31.1 Å². The molecule has 9 nitrogen and oxygen atoms in total. The Bertz CT molecular complexity index is 1510. The maximum Gasteiger partial charge on any atom is 0.243 e. The zero-order chi connectivity index (χ0) is 26.7. The molecule has 200 valence electrons. The first kappa shape index (κ1) is 26.3. The Morgan fingerprint density at radius 1 is 1.21 bits per heavy atom. The highest BCUT2D eigenvalue weighted by molar-refractivity contribution is 7.89. The van der Waals surface area contributed by atoms with E-state index in [1.807, 2.05) is 37.4 Å². The molecule has 2 aromatic carbocycles. The zero-order valence-corrected chi connectivity index (χ0v) is 22.5. The van der Waals surface area contributed by atoms with E-state index in [2.05, 4.69) is 5.10 Å². The maximum absolute atomic E-state index is 14.0. The fourth-order valence-corrected chi connectivity index (χ4v) is 7.11. The second kappa shape index (κ2) is 11.2. The van der Waals surface area contributed by atoms with Crippen molar-refractivity contribution in [3.63, 3.8) is 0 Å². The number of ether oxygens (including phenoxy) is 1. The number of thiazole rings is 1. The lowest BCUT2D eigenvalue weighted by molar-refractivity contribution is -0.123. The van der Waals surface area contributed by atoms with Gasteiger partial charge in [-0.1, -0.05) is 17.4 Å². The van der Waals surface area contributed by atoms with Crippen LogP contribution in [-0.2, 0) is 21.4 Å². The first-order chi connectivity index (χ1) is 18.4. The first-order valence-corrected chi connectivity index (χ1v) is 14.7. The van der Waals surface area contributed by atoms with E-state index in [4.69, 9.17) is 9.72 Å². The summed E-state index contributed by atoms with van der Waals surface area (Å²) in [6, 6.07) is 12.3. The third-order valence-electron chi connectivity index (χ3n) is 6.46. The molecule has 5 rings (SSSR count). The molecule has 1 saturated heterocycles. The van der Waals surface area contributed by atoms with Crippen molar-refractivity contribution in [3.8, 4) is 5.75 Å². The summed E-state index contributed by atoms with van der Waals surface area (Å²) >= 11 is 1.40. The normalized spacial score (nSPS) is 16.5. The van der Waals surface area contributed by atoms with Crippen LogP contribution in [-0.4, -0.2) is 59.6 Å². The Morgan fingerprint density at radius 2 is 2.03 bits per heavy atom. The van der Waals surface area contributed by atoms with Crippen molar-refractivity contribution >= 4 is 42.6 Å². The average molecular weight is 558 g/mol. The first-order valence-electron chi connectivity index (χ1n) is 12.4. The number of aromatic nitrogens is 3. The molecule has 3 heterocycles. The van der Waals surface area contributed by atoms with E-state index in [9.17, 15) is 17.6 Å². The Balaban J connectivity index is 1.43. The highest BCUT2D eigenvalue weighted by atomic mass is 32.2. The Kier molecular flexibility index (Phi) is 7.73. The van der Waals surface area contributed by atoms with Crippen molar-refractivity contribution in [1.82, 2.24) is 19.1 Å². The van der Waals surface area contributed by atoms with Gasteiger partial charge in [-0.2, -0.15) is 9.40 Å². The van der Waals surface area contributed by atoms with Crippen LogP contribution < -0.4 is 9.64 Å². The fraction of sp³-hybridized carbons (Fsp3) is 0.346. The van der Waals surface area contributed by atoms with Crippen molar-refractivity contribution in [2.45, 2.75) is 31.2 Å². The van der Waals surface area contributed by atoms with Gasteiger partial charge in [0, 0.05) is 32.0 Å². The standard InChI is InChI=1S/C26H28FN5O4S2/c1-2-36-22-7-3-8-23-24(22)29-26(37-23)32(17-16-30-14-5-13-28-30)25(33)19-6-4-15-31(18-19)38(34,35)21-11-9-20(27)10-12-21/h3,5,7-14,19H,2,4,6,15-18H2,1H3. The monoisotopic (exact) mass is 557 g/mol. The average Bonchev–Trinajstić information content (AvgIpc) is 3.60. The van der Waals surface area contributed by atoms with Crippen molar-refractivity contribution < 1.29 is 22.3 Å². The largest absolute Gasteiger partial charge is 0.492 e. The van der Waals surface area contributed by atoms with Gasteiger partial charge in [0.2, 0.25) is 15.9 Å². The van der Waals surface area contributed by atoms with Crippen LogP contribution in [0.3, 0.4) is 0 Å². The van der Waals surface area contributed by atoms with E-state index < -0.39 is 21.8 Å². The number of para-hydroxylation sites is 1. The summed E-state index contributed by atoms with van der Waals surface area (Å²) in [5, 5.41) is 4.78. The number of hydrogen-bond donors (Lipinski definition) is 0. The van der Waals surface area contributed by atoms with Crippen LogP contribution in [0.5, 0.6) is 5.75 Å². The van der Waals surface area contributed by atoms with Gasteiger partial charge in [0.05, 0.1) is 28.7 Å². The number of fused-ring (bicyclic) bond motifs is 1. The third-order valence-corrected chi connectivity index (χ3v) is 9.39. The SMILES string of the molecule is CCOc1cccc2sc(N(CCn3cccn3)C(=O)C3CCCN(S(=O)(=O)c4ccc(F)cc4)C3)nc12. The number of carbonyl (C=O) groups excluding carboxylic acids is 1. The molecule has 0 spiro atoms. The van der Waals surface area contributed by atoms with Gasteiger partial charge < -0.3 is 4.74 Å². The van der Waals surface area contributed by atoms with Gasteiger partial charge >= 0.3 is 0 Å². The van der Waals surface area contributed by atoms with Gasteiger partial charge in [-0.05, 0) is 62.2 Å². The van der Waals surface area contributed by atoms with Gasteiger partial charge in [0.15, 0.2) is 5.13 Å². The number of benzene rings is 2. The van der Waals surface area contributed by atoms with Crippen LogP contribution >= 0.6 is 11.3 Å². The van der Waals surface area contributed by atoms with Gasteiger partial charge in [0.25, 0.3) is 0 Å². The minimum absolute atomic E-state index is 0.0113. The van der Waals surface area contributed by atoms with Crippen LogP contribution in [0.4, 0.5) is 9.52 Å². The molecular weight excluding hydrogens is 529 g/mol. The van der Waals surface area contributed by atoms with Crippen LogP contribution in [0.15, 0.2) is 65.8 Å². The molecular formula is C26H28FN5O4S2. The number of carbonyl (C=O) groups is 1. The summed E-state index contributed by atoms with van der Waals surface area (Å²) in [5.41, 5.74) is 0.690. The second-order valence-corrected chi connectivity index (χ2v) is 11.9. The number of piperidine rings is 1. The summed E-state index contributed by atoms with van der Waals surface area (Å²) in [6.07, 6.45) is 4.60. The molecule has 0 N–H and O–H groups in total. The quantitative estimate of drug-likeness (QED) is 0.307. The Hall–Kier alpha value is -3.35. The third kappa shape index (κ3) is 5.42. The predicted octanol–water partition coefficient (Wildman–Crippen LogP) is 4.16. The number of halogens is 1. The summed E-state index contributed by atoms with van der Waals surface area (Å²) < 4.78 is 49.6. The lowest BCUT2D eigenvalue weighted by Crippen LogP contribution is -2.47. The molecule has 0 saturated carbocycles. The topological polar surface area (TPSA) is 97.6 Å². The van der Waals surface area contributed by atoms with Crippen LogP contribution in [0.1, 0.15) is 19.8 Å². The lowest BCUT2D eigenvalue weighted by atomic mass is 9.98. The van der Waals surface area contributed by atoms with Gasteiger partial charge in [-0.15, -0.1) is 0 Å². The number of sulfonamides is 1. The van der Waals surface area contributed by atoms with Gasteiger partial charge in [-0.25, -0.2) is 17.8 Å². The van der Waals surface area contributed by atoms with E-state index >= 15 is 0 Å². The number of nitrogens with zero attached hydrogens (tertiary/aromatic N) is 5. The second-order valence-electron chi connectivity index (χ2n) is 8.95. The van der Waals surface area contributed by atoms with Crippen LogP contribution in [0.25, 0.3) is 10.2 Å². The zero-order valence-electron chi connectivity index (χ0n) is 20.9. The summed E-state index contributed by atoms with van der Waals surface area (Å²) in [7, 11) is -3.86.